The highest BCUT2D eigenvalue weighted by Gasteiger charge is 2.36. The van der Waals surface area contributed by atoms with Crippen LogP contribution in [0.15, 0.2) is 133 Å². The van der Waals surface area contributed by atoms with Crippen molar-refractivity contribution in [1.29, 1.82) is 0 Å². The molecule has 2 aliphatic rings. The lowest BCUT2D eigenvalue weighted by atomic mass is 10.1. The largest absolute Gasteiger partial charge is 0.460 e. The number of hydrogen-bond donors (Lipinski definition) is 6. The number of H-pyrrole nitrogens is 3. The zero-order valence-electron chi connectivity index (χ0n) is 61.5. The monoisotopic (exact) mass is 1670 g/mol. The molecule has 10 heterocycles. The van der Waals surface area contributed by atoms with Gasteiger partial charge < -0.3 is 44.4 Å². The minimum atomic E-state index is -4.52. The molecule has 41 heteroatoms. The van der Waals surface area contributed by atoms with E-state index in [1.807, 2.05) is 0 Å². The number of nitrogens with two attached hydrogens (primary N) is 1. The molecule has 5 aromatic carbocycles. The molecule has 2 saturated heterocycles. The van der Waals surface area contributed by atoms with Gasteiger partial charge in [0.25, 0.3) is 11.3 Å². The molecule has 0 saturated carbocycles. The van der Waals surface area contributed by atoms with Crippen LogP contribution >= 0.6 is 23.2 Å². The number of alkyl halides is 15. The van der Waals surface area contributed by atoms with Crippen molar-refractivity contribution in [1.82, 2.24) is 74.8 Å². The number of esters is 2. The Morgan fingerprint density at radius 3 is 1.38 bits per heavy atom. The molecule has 15 rings (SSSR count). The van der Waals surface area contributed by atoms with Gasteiger partial charge in [-0.15, -0.1) is 0 Å². The number of anilines is 1. The molecule has 0 spiro atoms. The highest BCUT2D eigenvalue weighted by molar-refractivity contribution is 6.80. The van der Waals surface area contributed by atoms with Gasteiger partial charge in [0, 0.05) is 159 Å². The van der Waals surface area contributed by atoms with Crippen LogP contribution in [0.1, 0.15) is 59.4 Å². The number of benzene rings is 5. The van der Waals surface area contributed by atoms with Crippen molar-refractivity contribution >= 4 is 139 Å². The highest BCUT2D eigenvalue weighted by Crippen LogP contribution is 2.39. The second kappa shape index (κ2) is 38.4. The molecular weight excluding hydrogens is 1590 g/mol. The third kappa shape index (κ3) is 23.6. The van der Waals surface area contributed by atoms with Gasteiger partial charge in [0.2, 0.25) is 0 Å². The Morgan fingerprint density at radius 2 is 0.913 bits per heavy atom. The standard InChI is InChI=1S/C17H18F3N5.C13H10F3NO3.C12H7ClF3N3.C12H8F3N3O.C9H6F3N.C5H12N2.C4H5ClO3.CH6N2.CH4/c1-23-5-7-25(8-6-23)16-15-13(10-24(2)22-15)12-9-11(17(18,19)20)3-4-14(12)21-16;1-2-20-12(19)11(18)9-6-17-10-4-3-7(5-8(9)10)13(14,15)16;1-19-5-8-7-4-6(12(14,15)16)2-3-9(7)17-11(13)10(8)18-19;1-18-5-8-7-4-6(12(13,14)15)2-3-9(7)16-11(19)10(8)17-18;10-9(11,12)7-1-2-8-6(5-7)3-4-13-8;1-7-4-2-6-3-5-7;1-2-8-4(7)3(5)6;1-3-2;/h3-4,9-10H,5-8H2,1-2H3;3-6,17H,2H2,1H3;2-5H,1H3;2-5H,1H3,(H,16,19);1-5,13H;6H,2-5H2,1H3;2H2,1H3;3H,2H2,1H3;1H4. The highest BCUT2D eigenvalue weighted by atomic mass is 35.5. The quantitative estimate of drug-likeness (QED) is 0.0132. The Morgan fingerprint density at radius 1 is 0.504 bits per heavy atom. The first-order valence-corrected chi connectivity index (χ1v) is 34.7. The number of hydrogen-bond acceptors (Lipinski definition) is 18. The van der Waals surface area contributed by atoms with Crippen LogP contribution in [-0.4, -0.2) is 174 Å². The number of ether oxygens (including phenoxy) is 2. The van der Waals surface area contributed by atoms with Gasteiger partial charge >= 0.3 is 48.1 Å². The lowest BCUT2D eigenvalue weighted by Crippen LogP contribution is -2.44. The van der Waals surface area contributed by atoms with E-state index in [0.29, 0.717) is 76.3 Å². The second-order valence-corrected chi connectivity index (χ2v) is 25.8. The topological polar surface area (TPSA) is 290 Å². The Labute approximate surface area is 653 Å². The van der Waals surface area contributed by atoms with E-state index in [1.165, 1.54) is 78.2 Å². The van der Waals surface area contributed by atoms with Crippen LogP contribution < -0.4 is 27.0 Å². The predicted octanol–water partition coefficient (Wildman–Crippen LogP) is 14.8. The normalized spacial score (nSPS) is 13.5. The Bertz CT molecular complexity index is 5620. The number of fused-ring (bicyclic) bond motifs is 11. The first-order chi connectivity index (χ1) is 53.4. The zero-order valence-corrected chi connectivity index (χ0v) is 63.0. The third-order valence-corrected chi connectivity index (χ3v) is 17.3. The van der Waals surface area contributed by atoms with Crippen LogP contribution in [-0.2, 0) is 75.9 Å². The Balaban J connectivity index is 0.000000190. The molecule has 8 aromatic heterocycles. The fourth-order valence-electron chi connectivity index (χ4n) is 11.4. The summed E-state index contributed by atoms with van der Waals surface area (Å²) in [6, 6.07) is 18.5. The SMILES string of the molecule is C.CCOC(=O)C(=O)Cl.CCOC(=O)C(=O)c1c[nH]c2ccc(C(F)(F)F)cc12.CN1CCN(c2nc3ccc(C(F)(F)F)cc3c3cn(C)nc23)CC1.CN1CCNCC1.CNN.Cn1cc2c(n1)c(=O)[nH]c1ccc(C(F)(F)F)cc12.Cn1cc2c(n1)c(Cl)nc1ccc(C(F)(F)F)cc12.FC(F)(F)c1ccc2[nH]ccc2c1. The fourth-order valence-corrected chi connectivity index (χ4v) is 11.7. The third-order valence-electron chi connectivity index (χ3n) is 16.8. The summed E-state index contributed by atoms with van der Waals surface area (Å²) < 4.78 is 203. The van der Waals surface area contributed by atoms with E-state index in [4.69, 9.17) is 23.2 Å². The summed E-state index contributed by atoms with van der Waals surface area (Å²) in [4.78, 5) is 78.2. The van der Waals surface area contributed by atoms with Gasteiger partial charge in [0.1, 0.15) is 11.0 Å². The molecule has 24 nitrogen and oxygen atoms in total. The van der Waals surface area contributed by atoms with Gasteiger partial charge in [-0.3, -0.25) is 39.7 Å². The summed E-state index contributed by atoms with van der Waals surface area (Å²) >= 11 is 10.7. The van der Waals surface area contributed by atoms with E-state index >= 15 is 0 Å². The molecule has 7 N–H and O–H groups in total. The van der Waals surface area contributed by atoms with Gasteiger partial charge in [0.05, 0.1) is 57.6 Å². The lowest BCUT2D eigenvalue weighted by molar-refractivity contribution is -0.150. The molecule has 0 bridgehead atoms. The minimum Gasteiger partial charge on any atom is -0.460 e. The van der Waals surface area contributed by atoms with Gasteiger partial charge in [-0.05, 0) is 149 Å². The molecule has 0 amide bonds. The van der Waals surface area contributed by atoms with Crippen molar-refractivity contribution in [3.63, 3.8) is 0 Å². The number of carbonyl (C=O) groups is 4. The van der Waals surface area contributed by atoms with E-state index in [-0.39, 0.29) is 42.3 Å². The van der Waals surface area contributed by atoms with Crippen molar-refractivity contribution < 1.29 is 94.5 Å². The number of Topliss-reactive ketones (excluding diaryl/α,β-unsaturated/α-hetero) is 1. The van der Waals surface area contributed by atoms with Crippen LogP contribution in [0.3, 0.4) is 0 Å². The van der Waals surface area contributed by atoms with Gasteiger partial charge in [-0.25, -0.2) is 19.6 Å². The van der Waals surface area contributed by atoms with E-state index in [1.54, 1.807) is 64.5 Å². The van der Waals surface area contributed by atoms with Crippen molar-refractivity contribution in [2.45, 2.75) is 52.2 Å². The number of pyridine rings is 3. The van der Waals surface area contributed by atoms with Crippen molar-refractivity contribution in [2.24, 2.45) is 27.0 Å². The number of halogens is 17. The summed E-state index contributed by atoms with van der Waals surface area (Å²) in [6.45, 7) is 11.5. The van der Waals surface area contributed by atoms with Crippen molar-refractivity contribution in [3.8, 4) is 0 Å². The molecule has 618 valence electrons. The van der Waals surface area contributed by atoms with E-state index in [2.05, 4.69) is 95.1 Å². The fraction of sp³-hybridized carbons (Fsp3) is 0.324. The van der Waals surface area contributed by atoms with Gasteiger partial charge in [-0.2, -0.15) is 81.2 Å². The summed E-state index contributed by atoms with van der Waals surface area (Å²) in [5.74, 6) is 2.29. The van der Waals surface area contributed by atoms with Crippen LogP contribution in [0, 0.1) is 0 Å². The molecule has 115 heavy (non-hydrogen) atoms. The van der Waals surface area contributed by atoms with Crippen LogP contribution in [0.4, 0.5) is 71.7 Å². The second-order valence-electron chi connectivity index (χ2n) is 25.1. The van der Waals surface area contributed by atoms with Crippen LogP contribution in [0.25, 0.3) is 87.2 Å². The molecule has 0 radical (unpaired) electrons. The number of likely N-dealkylation sites (N-methyl/N-ethyl adjacent to an activating group) is 2. The number of nitrogens with zero attached hydrogens (tertiary/aromatic N) is 11. The maximum Gasteiger partial charge on any atom is 0.416 e. The molecule has 2 fully saturated rings. The average molecular weight is 1670 g/mol. The molecule has 0 aliphatic carbocycles. The molecule has 0 atom stereocenters. The summed E-state index contributed by atoms with van der Waals surface area (Å²) in [5.41, 5.74) is 1.64. The van der Waals surface area contributed by atoms with E-state index < -0.39 is 87.2 Å². The smallest absolute Gasteiger partial charge is 0.416 e. The minimum absolute atomic E-state index is 0. The number of aryl methyl sites for hydroxylation is 3. The average Bonchev–Trinajstić information content (AvgIpc) is 1.88. The van der Waals surface area contributed by atoms with Gasteiger partial charge in [-0.1, -0.05) is 19.0 Å². The van der Waals surface area contributed by atoms with Crippen LogP contribution in [0.2, 0.25) is 5.15 Å². The number of aromatic nitrogens is 11. The number of hydrazine groups is 1. The molecule has 0 unspecified atom stereocenters. The number of ketones is 1. The Kier molecular flexibility index (Phi) is 30.5. The zero-order chi connectivity index (χ0) is 84.1. The maximum absolute atomic E-state index is 13.1. The number of nitrogens with one attached hydrogen (secondary N) is 5. The predicted molar refractivity (Wildman–Crippen MR) is 406 cm³/mol. The summed E-state index contributed by atoms with van der Waals surface area (Å²) in [5, 5.41) is 18.4. The molecular formula is C74H76Cl2F15N17O7. The van der Waals surface area contributed by atoms with Crippen molar-refractivity contribution in [3.05, 3.63) is 177 Å². The number of carbonyl (C=O) groups excluding carboxylic acids is 4. The number of aromatic amines is 3. The summed E-state index contributed by atoms with van der Waals surface area (Å²) in [7, 11) is 10.9. The van der Waals surface area contributed by atoms with Gasteiger partial charge in [0.15, 0.2) is 16.5 Å². The van der Waals surface area contributed by atoms with Crippen LogP contribution in [0.5, 0.6) is 0 Å². The first kappa shape index (κ1) is 91.2. The first-order valence-electron chi connectivity index (χ1n) is 34.0. The summed E-state index contributed by atoms with van der Waals surface area (Å²) in [6.07, 6.45) is -14.2. The Hall–Kier alpha value is -11.0. The van der Waals surface area contributed by atoms with Crippen molar-refractivity contribution in [2.75, 3.05) is 91.6 Å². The molecule has 13 aromatic rings. The van der Waals surface area contributed by atoms with E-state index in [9.17, 15) is 89.8 Å². The number of rotatable bonds is 6. The van der Waals surface area contributed by atoms with E-state index in [0.717, 1.165) is 99.7 Å². The number of piperazine rings is 2. The maximum atomic E-state index is 13.1. The lowest BCUT2D eigenvalue weighted by Gasteiger charge is -2.33. The molecule has 2 aliphatic heterocycles.